The van der Waals surface area contributed by atoms with Crippen molar-refractivity contribution in [2.45, 2.75) is 52.6 Å². The largest absolute Gasteiger partial charge is 0.481 e. The third kappa shape index (κ3) is 5.00. The van der Waals surface area contributed by atoms with Crippen molar-refractivity contribution >= 4 is 12.0 Å². The first kappa shape index (κ1) is 14.7. The molecular weight excluding hydrogens is 208 g/mol. The number of nitrogens with one attached hydrogen (secondary N) is 1. The Morgan fingerprint density at radius 1 is 1.31 bits per heavy atom. The second-order valence-corrected chi connectivity index (χ2v) is 3.99. The molecule has 0 bridgehead atoms. The van der Waals surface area contributed by atoms with Gasteiger partial charge in [-0.25, -0.2) is 4.79 Å². The number of urea groups is 1. The summed E-state index contributed by atoms with van der Waals surface area (Å²) in [5.41, 5.74) is 0. The summed E-state index contributed by atoms with van der Waals surface area (Å²) in [6, 6.07) is -0.365. The van der Waals surface area contributed by atoms with Gasteiger partial charge in [-0.05, 0) is 27.2 Å². The van der Waals surface area contributed by atoms with E-state index in [1.54, 1.807) is 11.8 Å². The van der Waals surface area contributed by atoms with Crippen LogP contribution in [0.15, 0.2) is 0 Å². The Hall–Kier alpha value is -1.26. The standard InChI is InChI=1S/C11H22N2O3/c1-5-8(3)12-11(16)13(6-2)9(4)7-10(14)15/h8-9H,5-7H2,1-4H3,(H,12,16)(H,14,15). The van der Waals surface area contributed by atoms with Crippen molar-refractivity contribution in [1.29, 1.82) is 0 Å². The van der Waals surface area contributed by atoms with E-state index in [9.17, 15) is 9.59 Å². The number of carboxylic acids is 1. The predicted octanol–water partition coefficient (Wildman–Crippen LogP) is 1.68. The van der Waals surface area contributed by atoms with Crippen LogP contribution >= 0.6 is 0 Å². The first-order chi connectivity index (χ1) is 7.42. The maximum atomic E-state index is 11.8. The zero-order valence-electron chi connectivity index (χ0n) is 10.5. The van der Waals surface area contributed by atoms with Crippen LogP contribution in [0, 0.1) is 0 Å². The van der Waals surface area contributed by atoms with E-state index in [1.807, 2.05) is 20.8 Å². The molecule has 94 valence electrons. The van der Waals surface area contributed by atoms with Gasteiger partial charge in [-0.15, -0.1) is 0 Å². The predicted molar refractivity (Wildman–Crippen MR) is 62.4 cm³/mol. The number of carbonyl (C=O) groups excluding carboxylic acids is 1. The van der Waals surface area contributed by atoms with Crippen LogP contribution in [0.4, 0.5) is 4.79 Å². The van der Waals surface area contributed by atoms with Gasteiger partial charge in [0.05, 0.1) is 6.42 Å². The highest BCUT2D eigenvalue weighted by atomic mass is 16.4. The summed E-state index contributed by atoms with van der Waals surface area (Å²) in [5.74, 6) is -0.887. The Labute approximate surface area is 96.8 Å². The molecule has 5 nitrogen and oxygen atoms in total. The Morgan fingerprint density at radius 2 is 1.88 bits per heavy atom. The van der Waals surface area contributed by atoms with E-state index in [0.717, 1.165) is 6.42 Å². The van der Waals surface area contributed by atoms with E-state index < -0.39 is 5.97 Å². The Kier molecular flexibility index (Phi) is 6.53. The molecule has 0 fully saturated rings. The highest BCUT2D eigenvalue weighted by Gasteiger charge is 2.21. The van der Waals surface area contributed by atoms with Gasteiger partial charge in [0.15, 0.2) is 0 Å². The fourth-order valence-electron chi connectivity index (χ4n) is 1.41. The highest BCUT2D eigenvalue weighted by Crippen LogP contribution is 2.05. The quantitative estimate of drug-likeness (QED) is 0.729. The minimum Gasteiger partial charge on any atom is -0.481 e. The van der Waals surface area contributed by atoms with Crippen molar-refractivity contribution in [2.75, 3.05) is 6.54 Å². The highest BCUT2D eigenvalue weighted by molar-refractivity contribution is 5.76. The molecule has 0 aliphatic carbocycles. The molecule has 0 aliphatic heterocycles. The number of hydrogen-bond donors (Lipinski definition) is 2. The third-order valence-corrected chi connectivity index (χ3v) is 2.59. The molecule has 0 aromatic heterocycles. The van der Waals surface area contributed by atoms with E-state index >= 15 is 0 Å². The van der Waals surface area contributed by atoms with Crippen molar-refractivity contribution in [3.05, 3.63) is 0 Å². The molecule has 0 rings (SSSR count). The maximum absolute atomic E-state index is 11.8. The lowest BCUT2D eigenvalue weighted by Crippen LogP contribution is -2.48. The molecule has 0 heterocycles. The number of nitrogens with zero attached hydrogens (tertiary/aromatic N) is 1. The van der Waals surface area contributed by atoms with Gasteiger partial charge in [0, 0.05) is 18.6 Å². The molecule has 2 unspecified atom stereocenters. The summed E-state index contributed by atoms with van der Waals surface area (Å²) in [6.07, 6.45) is 0.832. The van der Waals surface area contributed by atoms with E-state index in [1.165, 1.54) is 0 Å². The zero-order chi connectivity index (χ0) is 12.7. The molecule has 0 saturated carbocycles. The van der Waals surface area contributed by atoms with Crippen LogP contribution in [0.5, 0.6) is 0 Å². The van der Waals surface area contributed by atoms with Gasteiger partial charge in [-0.2, -0.15) is 0 Å². The van der Waals surface area contributed by atoms with Gasteiger partial charge in [-0.3, -0.25) is 4.79 Å². The number of amides is 2. The fourth-order valence-corrected chi connectivity index (χ4v) is 1.41. The van der Waals surface area contributed by atoms with Gasteiger partial charge < -0.3 is 15.3 Å². The molecule has 0 aromatic carbocycles. The van der Waals surface area contributed by atoms with Crippen LogP contribution in [0.3, 0.4) is 0 Å². The minimum absolute atomic E-state index is 0.0260. The normalized spacial score (nSPS) is 14.0. The molecule has 0 spiro atoms. The Balaban J connectivity index is 4.35. The van der Waals surface area contributed by atoms with Gasteiger partial charge in [0.25, 0.3) is 0 Å². The topological polar surface area (TPSA) is 69.6 Å². The number of hydrogen-bond acceptors (Lipinski definition) is 2. The minimum atomic E-state index is -0.887. The summed E-state index contributed by atoms with van der Waals surface area (Å²) in [5, 5.41) is 11.5. The zero-order valence-corrected chi connectivity index (χ0v) is 10.5. The van der Waals surface area contributed by atoms with E-state index in [2.05, 4.69) is 5.32 Å². The molecule has 0 saturated heterocycles. The van der Waals surface area contributed by atoms with Gasteiger partial charge in [0.1, 0.15) is 0 Å². The molecule has 2 amide bonds. The Bertz CT molecular complexity index is 243. The first-order valence-corrected chi connectivity index (χ1v) is 5.71. The number of carbonyl (C=O) groups is 2. The summed E-state index contributed by atoms with van der Waals surface area (Å²) in [7, 11) is 0. The average molecular weight is 230 g/mol. The van der Waals surface area contributed by atoms with Gasteiger partial charge in [-0.1, -0.05) is 6.92 Å². The molecule has 5 heteroatoms. The van der Waals surface area contributed by atoms with Crippen molar-refractivity contribution in [3.8, 4) is 0 Å². The van der Waals surface area contributed by atoms with Crippen LogP contribution in [0.25, 0.3) is 0 Å². The van der Waals surface area contributed by atoms with Crippen LogP contribution in [0.1, 0.15) is 40.5 Å². The van der Waals surface area contributed by atoms with Gasteiger partial charge >= 0.3 is 12.0 Å². The lowest BCUT2D eigenvalue weighted by Gasteiger charge is -2.28. The maximum Gasteiger partial charge on any atom is 0.317 e. The Morgan fingerprint density at radius 3 is 2.25 bits per heavy atom. The second kappa shape index (κ2) is 7.09. The summed E-state index contributed by atoms with van der Waals surface area (Å²) < 4.78 is 0. The average Bonchev–Trinajstić information content (AvgIpc) is 2.17. The van der Waals surface area contributed by atoms with Crippen molar-refractivity contribution in [3.63, 3.8) is 0 Å². The van der Waals surface area contributed by atoms with Crippen LogP contribution in [-0.4, -0.2) is 40.6 Å². The van der Waals surface area contributed by atoms with Crippen LogP contribution in [0.2, 0.25) is 0 Å². The molecule has 2 N–H and O–H groups in total. The van der Waals surface area contributed by atoms with E-state index in [-0.39, 0.29) is 24.5 Å². The number of rotatable bonds is 6. The second-order valence-electron chi connectivity index (χ2n) is 3.99. The third-order valence-electron chi connectivity index (χ3n) is 2.59. The molecule has 0 aliphatic rings. The summed E-state index contributed by atoms with van der Waals surface area (Å²) in [6.45, 7) is 8.01. The molecule has 2 atom stereocenters. The fraction of sp³-hybridized carbons (Fsp3) is 0.818. The van der Waals surface area contributed by atoms with Crippen LogP contribution < -0.4 is 5.32 Å². The number of carboxylic acid groups (broad SMARTS) is 1. The molecule has 16 heavy (non-hydrogen) atoms. The van der Waals surface area contributed by atoms with E-state index in [4.69, 9.17) is 5.11 Å². The lowest BCUT2D eigenvalue weighted by atomic mass is 10.2. The van der Waals surface area contributed by atoms with E-state index in [0.29, 0.717) is 6.54 Å². The smallest absolute Gasteiger partial charge is 0.317 e. The van der Waals surface area contributed by atoms with Crippen LogP contribution in [-0.2, 0) is 4.79 Å². The summed E-state index contributed by atoms with van der Waals surface area (Å²) >= 11 is 0. The van der Waals surface area contributed by atoms with Crippen molar-refractivity contribution < 1.29 is 14.7 Å². The van der Waals surface area contributed by atoms with Gasteiger partial charge in [0.2, 0.25) is 0 Å². The van der Waals surface area contributed by atoms with Crippen molar-refractivity contribution in [1.82, 2.24) is 10.2 Å². The molecule has 0 aromatic rings. The first-order valence-electron chi connectivity index (χ1n) is 5.71. The molecule has 0 radical (unpaired) electrons. The molecular formula is C11H22N2O3. The lowest BCUT2D eigenvalue weighted by molar-refractivity contribution is -0.138. The monoisotopic (exact) mass is 230 g/mol. The number of aliphatic carboxylic acids is 1. The van der Waals surface area contributed by atoms with Crippen molar-refractivity contribution in [2.24, 2.45) is 0 Å². The SMILES string of the molecule is CCC(C)NC(=O)N(CC)C(C)CC(=O)O. The summed E-state index contributed by atoms with van der Waals surface area (Å²) in [4.78, 5) is 23.9.